The van der Waals surface area contributed by atoms with E-state index < -0.39 is 30.2 Å². The Hall–Kier alpha value is -2.45. The van der Waals surface area contributed by atoms with Crippen LogP contribution in [0.15, 0.2) is 24.3 Å². The molecule has 0 aliphatic heterocycles. The monoisotopic (exact) mass is 306 g/mol. The molecule has 6 nitrogen and oxygen atoms in total. The van der Waals surface area contributed by atoms with Gasteiger partial charge in [-0.25, -0.2) is 4.79 Å². The van der Waals surface area contributed by atoms with E-state index in [9.17, 15) is 22.8 Å². The van der Waals surface area contributed by atoms with Crippen molar-refractivity contribution in [3.63, 3.8) is 0 Å². The Morgan fingerprint density at radius 3 is 2.62 bits per heavy atom. The zero-order valence-electron chi connectivity index (χ0n) is 10.9. The van der Waals surface area contributed by atoms with Gasteiger partial charge in [-0.1, -0.05) is 6.07 Å². The van der Waals surface area contributed by atoms with E-state index in [4.69, 9.17) is 5.11 Å². The highest BCUT2D eigenvalue weighted by atomic mass is 19.4. The fourth-order valence-electron chi connectivity index (χ4n) is 1.47. The van der Waals surface area contributed by atoms with Crippen LogP contribution in [0.25, 0.3) is 0 Å². The quantitative estimate of drug-likeness (QED) is 0.780. The summed E-state index contributed by atoms with van der Waals surface area (Å²) in [5.74, 6) is -1.55. The number of nitrogens with one attached hydrogen (secondary N) is 2. The smallest absolute Gasteiger partial charge is 0.481 e. The number of urea groups is 1. The van der Waals surface area contributed by atoms with Gasteiger partial charge in [-0.3, -0.25) is 4.79 Å². The van der Waals surface area contributed by atoms with Gasteiger partial charge in [0.2, 0.25) is 0 Å². The third kappa shape index (κ3) is 7.04. The zero-order chi connectivity index (χ0) is 16.0. The van der Waals surface area contributed by atoms with E-state index in [-0.39, 0.29) is 12.1 Å². The number of anilines is 1. The summed E-state index contributed by atoms with van der Waals surface area (Å²) in [6, 6.07) is 3.37. The van der Waals surface area contributed by atoms with E-state index in [1.807, 2.05) is 0 Å². The number of carboxylic acids is 1. The highest BCUT2D eigenvalue weighted by Gasteiger charge is 2.31. The van der Waals surface area contributed by atoms with Crippen LogP contribution in [0.5, 0.6) is 5.75 Å². The molecule has 1 atom stereocenters. The number of aliphatic carboxylic acids is 1. The molecule has 3 N–H and O–H groups in total. The Morgan fingerprint density at radius 1 is 1.38 bits per heavy atom. The van der Waals surface area contributed by atoms with Crippen molar-refractivity contribution >= 4 is 17.7 Å². The topological polar surface area (TPSA) is 87.7 Å². The van der Waals surface area contributed by atoms with Crippen molar-refractivity contribution < 1.29 is 32.6 Å². The highest BCUT2D eigenvalue weighted by molar-refractivity contribution is 5.89. The first kappa shape index (κ1) is 16.6. The maximum absolute atomic E-state index is 12.1. The van der Waals surface area contributed by atoms with Crippen molar-refractivity contribution in [3.05, 3.63) is 24.3 Å². The molecule has 0 fully saturated rings. The van der Waals surface area contributed by atoms with Crippen LogP contribution in [0.1, 0.15) is 13.3 Å². The number of alkyl halides is 3. The van der Waals surface area contributed by atoms with Gasteiger partial charge in [0.05, 0.1) is 6.42 Å². The van der Waals surface area contributed by atoms with Gasteiger partial charge in [-0.2, -0.15) is 0 Å². The molecule has 2 amide bonds. The Bertz CT molecular complexity index is 519. The third-order valence-corrected chi connectivity index (χ3v) is 2.18. The van der Waals surface area contributed by atoms with Crippen molar-refractivity contribution in [3.8, 4) is 5.75 Å². The average molecular weight is 306 g/mol. The number of amides is 2. The van der Waals surface area contributed by atoms with Gasteiger partial charge < -0.3 is 20.5 Å². The van der Waals surface area contributed by atoms with Crippen molar-refractivity contribution in [2.45, 2.75) is 25.7 Å². The van der Waals surface area contributed by atoms with Gasteiger partial charge in [-0.15, -0.1) is 13.2 Å². The first-order valence-corrected chi connectivity index (χ1v) is 5.81. The summed E-state index contributed by atoms with van der Waals surface area (Å²) >= 11 is 0. The lowest BCUT2D eigenvalue weighted by molar-refractivity contribution is -0.274. The second-order valence-electron chi connectivity index (χ2n) is 4.17. The first-order valence-electron chi connectivity index (χ1n) is 5.81. The number of carboxylic acid groups (broad SMARTS) is 1. The van der Waals surface area contributed by atoms with Gasteiger partial charge in [0, 0.05) is 17.8 Å². The van der Waals surface area contributed by atoms with Crippen LogP contribution in [0, 0.1) is 0 Å². The molecule has 1 aromatic rings. The highest BCUT2D eigenvalue weighted by Crippen LogP contribution is 2.24. The summed E-state index contributed by atoms with van der Waals surface area (Å²) in [5.41, 5.74) is 0.0803. The van der Waals surface area contributed by atoms with E-state index in [1.54, 1.807) is 0 Å². The molecule has 0 bridgehead atoms. The lowest BCUT2D eigenvalue weighted by atomic mass is 10.2. The molecule has 0 spiro atoms. The second-order valence-corrected chi connectivity index (χ2v) is 4.17. The summed E-state index contributed by atoms with van der Waals surface area (Å²) in [4.78, 5) is 22.0. The molecule has 1 aromatic carbocycles. The normalized spacial score (nSPS) is 12.4. The van der Waals surface area contributed by atoms with Crippen LogP contribution >= 0.6 is 0 Å². The number of rotatable bonds is 5. The summed E-state index contributed by atoms with van der Waals surface area (Å²) in [6.45, 7) is 1.48. The molecule has 0 saturated carbocycles. The van der Waals surface area contributed by atoms with Crippen molar-refractivity contribution in [2.75, 3.05) is 5.32 Å². The van der Waals surface area contributed by atoms with Gasteiger partial charge >= 0.3 is 18.4 Å². The maximum Gasteiger partial charge on any atom is 0.573 e. The fraction of sp³-hybridized carbons (Fsp3) is 0.333. The van der Waals surface area contributed by atoms with E-state index in [1.165, 1.54) is 19.1 Å². The van der Waals surface area contributed by atoms with Gasteiger partial charge in [0.25, 0.3) is 0 Å². The fourth-order valence-corrected chi connectivity index (χ4v) is 1.47. The van der Waals surface area contributed by atoms with Crippen molar-refractivity contribution in [1.82, 2.24) is 5.32 Å². The van der Waals surface area contributed by atoms with Crippen LogP contribution in [-0.4, -0.2) is 29.5 Å². The number of carbonyl (C=O) groups excluding carboxylic acids is 1. The molecule has 0 saturated heterocycles. The standard InChI is InChI=1S/C12H13F3N2O4/c1-7(5-10(18)19)16-11(20)17-8-3-2-4-9(6-8)21-12(13,14)15/h2-4,6-7H,5H2,1H3,(H,18,19)(H2,16,17,20). The number of benzene rings is 1. The number of hydrogen-bond donors (Lipinski definition) is 3. The minimum Gasteiger partial charge on any atom is -0.481 e. The lowest BCUT2D eigenvalue weighted by Crippen LogP contribution is -2.37. The van der Waals surface area contributed by atoms with E-state index >= 15 is 0 Å². The molecule has 9 heteroatoms. The molecule has 116 valence electrons. The summed E-state index contributed by atoms with van der Waals surface area (Å²) in [5, 5.41) is 13.2. The molecule has 21 heavy (non-hydrogen) atoms. The number of ether oxygens (including phenoxy) is 1. The molecule has 0 heterocycles. The van der Waals surface area contributed by atoms with Crippen LogP contribution < -0.4 is 15.4 Å². The van der Waals surface area contributed by atoms with Crippen LogP contribution in [0.2, 0.25) is 0 Å². The predicted octanol–water partition coefficient (Wildman–Crippen LogP) is 2.57. The van der Waals surface area contributed by atoms with Gasteiger partial charge in [-0.05, 0) is 19.1 Å². The Balaban J connectivity index is 2.60. The van der Waals surface area contributed by atoms with Crippen LogP contribution in [-0.2, 0) is 4.79 Å². The van der Waals surface area contributed by atoms with Crippen molar-refractivity contribution in [1.29, 1.82) is 0 Å². The molecule has 0 radical (unpaired) electrons. The van der Waals surface area contributed by atoms with Crippen LogP contribution in [0.3, 0.4) is 0 Å². The summed E-state index contributed by atoms with van der Waals surface area (Å²) < 4.78 is 39.9. The minimum absolute atomic E-state index is 0.0803. The number of halogens is 3. The molecule has 0 aliphatic rings. The Labute approximate surface area is 117 Å². The zero-order valence-corrected chi connectivity index (χ0v) is 10.9. The predicted molar refractivity (Wildman–Crippen MR) is 67.0 cm³/mol. The van der Waals surface area contributed by atoms with Crippen LogP contribution in [0.4, 0.5) is 23.7 Å². The molecule has 1 rings (SSSR count). The molecule has 0 aliphatic carbocycles. The SMILES string of the molecule is CC(CC(=O)O)NC(=O)Nc1cccc(OC(F)(F)F)c1. The molecular formula is C12H13F3N2O4. The van der Waals surface area contributed by atoms with Gasteiger partial charge in [0.1, 0.15) is 5.75 Å². The Morgan fingerprint density at radius 2 is 2.05 bits per heavy atom. The average Bonchev–Trinajstić information content (AvgIpc) is 2.24. The van der Waals surface area contributed by atoms with E-state index in [0.717, 1.165) is 12.1 Å². The molecular weight excluding hydrogens is 293 g/mol. The maximum atomic E-state index is 12.1. The first-order chi connectivity index (χ1) is 9.65. The summed E-state index contributed by atoms with van der Waals surface area (Å²) in [7, 11) is 0. The number of carbonyl (C=O) groups is 2. The summed E-state index contributed by atoms with van der Waals surface area (Å²) in [6.07, 6.45) is -5.10. The molecule has 1 unspecified atom stereocenters. The van der Waals surface area contributed by atoms with Crippen molar-refractivity contribution in [2.24, 2.45) is 0 Å². The van der Waals surface area contributed by atoms with E-state index in [0.29, 0.717) is 0 Å². The Kier molecular flexibility index (Phi) is 5.39. The minimum atomic E-state index is -4.82. The third-order valence-electron chi connectivity index (χ3n) is 2.18. The lowest BCUT2D eigenvalue weighted by Gasteiger charge is -2.13. The van der Waals surface area contributed by atoms with E-state index in [2.05, 4.69) is 15.4 Å². The largest absolute Gasteiger partial charge is 0.573 e. The second kappa shape index (κ2) is 6.82. The van der Waals surface area contributed by atoms with Gasteiger partial charge in [0.15, 0.2) is 0 Å². The molecule has 0 aromatic heterocycles. The number of hydrogen-bond acceptors (Lipinski definition) is 3.